The van der Waals surface area contributed by atoms with Crippen LogP contribution in [0.1, 0.15) is 18.5 Å². The number of hydrogen-bond acceptors (Lipinski definition) is 2. The van der Waals surface area contributed by atoms with Gasteiger partial charge in [0.1, 0.15) is 0 Å². The average molecular weight is 379 g/mol. The molecule has 0 saturated heterocycles. The summed E-state index contributed by atoms with van der Waals surface area (Å²) in [6.07, 6.45) is 0. The predicted molar refractivity (Wildman–Crippen MR) is 88.5 cm³/mol. The number of amides is 3. The minimum atomic E-state index is -1.15. The van der Waals surface area contributed by atoms with Gasteiger partial charge in [0.05, 0.1) is 11.6 Å². The molecule has 0 fully saturated rings. The molecule has 3 amide bonds. The largest absolute Gasteiger partial charge is 0.327 e. The van der Waals surface area contributed by atoms with E-state index in [-0.39, 0.29) is 22.5 Å². The third-order valence-corrected chi connectivity index (χ3v) is 3.97. The summed E-state index contributed by atoms with van der Waals surface area (Å²) in [5.74, 6) is -5.17. The normalized spacial score (nSPS) is 16.6. The van der Waals surface area contributed by atoms with Crippen molar-refractivity contribution in [3.63, 3.8) is 0 Å². The SMILES string of the molecule is CC1=C(C(=O)Nc2ccc(F)c(F)c2)[C@H](c2ccc(F)c(F)c2)NC(=O)N1. The number of nitrogens with one attached hydrogen (secondary N) is 3. The first kappa shape index (κ1) is 18.4. The molecule has 0 unspecified atom stereocenters. The number of allylic oxidation sites excluding steroid dienone is 1. The van der Waals surface area contributed by atoms with Crippen LogP contribution in [0.2, 0.25) is 0 Å². The smallest absolute Gasteiger partial charge is 0.319 e. The molecule has 1 heterocycles. The van der Waals surface area contributed by atoms with E-state index in [1.54, 1.807) is 0 Å². The monoisotopic (exact) mass is 379 g/mol. The molecule has 1 aliphatic rings. The van der Waals surface area contributed by atoms with Crippen molar-refractivity contribution < 1.29 is 27.2 Å². The lowest BCUT2D eigenvalue weighted by atomic mass is 9.94. The molecule has 27 heavy (non-hydrogen) atoms. The number of carbonyl (C=O) groups excluding carboxylic acids is 2. The molecule has 1 aliphatic heterocycles. The Hall–Kier alpha value is -3.36. The van der Waals surface area contributed by atoms with E-state index in [2.05, 4.69) is 16.0 Å². The van der Waals surface area contributed by atoms with Crippen LogP contribution >= 0.6 is 0 Å². The van der Waals surface area contributed by atoms with Gasteiger partial charge in [0.2, 0.25) is 0 Å². The fraction of sp³-hybridized carbons (Fsp3) is 0.111. The summed E-state index contributed by atoms with van der Waals surface area (Å²) in [6, 6.07) is 4.07. The molecule has 1 atom stereocenters. The highest BCUT2D eigenvalue weighted by molar-refractivity contribution is 6.06. The van der Waals surface area contributed by atoms with Gasteiger partial charge in [-0.2, -0.15) is 0 Å². The maximum atomic E-state index is 13.6. The van der Waals surface area contributed by atoms with E-state index in [4.69, 9.17) is 0 Å². The van der Waals surface area contributed by atoms with E-state index in [1.165, 1.54) is 13.0 Å². The lowest BCUT2D eigenvalue weighted by Gasteiger charge is -2.28. The highest BCUT2D eigenvalue weighted by Gasteiger charge is 2.31. The van der Waals surface area contributed by atoms with Crippen LogP contribution in [0.25, 0.3) is 0 Å². The summed E-state index contributed by atoms with van der Waals surface area (Å²) in [7, 11) is 0. The van der Waals surface area contributed by atoms with Gasteiger partial charge in [0.15, 0.2) is 23.3 Å². The van der Waals surface area contributed by atoms with Crippen molar-refractivity contribution >= 4 is 17.6 Å². The van der Waals surface area contributed by atoms with Crippen molar-refractivity contribution in [3.8, 4) is 0 Å². The van der Waals surface area contributed by atoms with Crippen LogP contribution in [-0.4, -0.2) is 11.9 Å². The highest BCUT2D eigenvalue weighted by Crippen LogP contribution is 2.29. The molecule has 140 valence electrons. The molecule has 2 aromatic carbocycles. The lowest BCUT2D eigenvalue weighted by molar-refractivity contribution is -0.113. The molecule has 2 aromatic rings. The minimum Gasteiger partial charge on any atom is -0.327 e. The van der Waals surface area contributed by atoms with Gasteiger partial charge in [-0.1, -0.05) is 6.07 Å². The first-order valence-corrected chi connectivity index (χ1v) is 7.76. The summed E-state index contributed by atoms with van der Waals surface area (Å²) < 4.78 is 53.2. The van der Waals surface area contributed by atoms with E-state index < -0.39 is 41.2 Å². The maximum absolute atomic E-state index is 13.6. The predicted octanol–water partition coefficient (Wildman–Crippen LogP) is 3.51. The molecule has 0 spiro atoms. The number of urea groups is 1. The van der Waals surface area contributed by atoms with Gasteiger partial charge in [-0.3, -0.25) is 4.79 Å². The van der Waals surface area contributed by atoms with Crippen LogP contribution in [0, 0.1) is 23.3 Å². The number of anilines is 1. The van der Waals surface area contributed by atoms with E-state index in [0.717, 1.165) is 30.3 Å². The Morgan fingerprint density at radius 3 is 2.22 bits per heavy atom. The van der Waals surface area contributed by atoms with Crippen LogP contribution in [0.5, 0.6) is 0 Å². The molecule has 0 aromatic heterocycles. The zero-order valence-corrected chi connectivity index (χ0v) is 13.9. The maximum Gasteiger partial charge on any atom is 0.319 e. The molecule has 3 rings (SSSR count). The van der Waals surface area contributed by atoms with Crippen LogP contribution in [0.3, 0.4) is 0 Å². The summed E-state index contributed by atoms with van der Waals surface area (Å²) in [4.78, 5) is 24.4. The van der Waals surface area contributed by atoms with Gasteiger partial charge in [-0.25, -0.2) is 22.4 Å². The zero-order valence-electron chi connectivity index (χ0n) is 13.9. The Bertz CT molecular complexity index is 975. The number of rotatable bonds is 3. The summed E-state index contributed by atoms with van der Waals surface area (Å²) >= 11 is 0. The number of benzene rings is 2. The number of hydrogen-bond donors (Lipinski definition) is 3. The first-order chi connectivity index (χ1) is 12.8. The standard InChI is InChI=1S/C18H13F4N3O2/c1-8-15(17(26)24-10-3-5-12(20)14(22)7-10)16(25-18(27)23-8)9-2-4-11(19)13(21)6-9/h2-7,16H,1H3,(H,24,26)(H2,23,25,27)/t16-/m0/s1. The van der Waals surface area contributed by atoms with Gasteiger partial charge in [-0.15, -0.1) is 0 Å². The van der Waals surface area contributed by atoms with Crippen LogP contribution < -0.4 is 16.0 Å². The van der Waals surface area contributed by atoms with Crippen molar-refractivity contribution in [1.29, 1.82) is 0 Å². The Morgan fingerprint density at radius 1 is 0.963 bits per heavy atom. The molecule has 0 saturated carbocycles. The molecule has 3 N–H and O–H groups in total. The third-order valence-electron chi connectivity index (χ3n) is 3.97. The molecule has 5 nitrogen and oxygen atoms in total. The lowest BCUT2D eigenvalue weighted by Crippen LogP contribution is -2.46. The Morgan fingerprint density at radius 2 is 1.59 bits per heavy atom. The summed E-state index contributed by atoms with van der Waals surface area (Å²) in [5, 5.41) is 7.25. The van der Waals surface area contributed by atoms with Gasteiger partial charge < -0.3 is 16.0 Å². The van der Waals surface area contributed by atoms with Crippen molar-refractivity contribution in [2.75, 3.05) is 5.32 Å². The Labute approximate surface area is 151 Å². The van der Waals surface area contributed by atoms with Crippen molar-refractivity contribution in [3.05, 3.63) is 76.5 Å². The van der Waals surface area contributed by atoms with E-state index in [9.17, 15) is 27.2 Å². The second-order valence-electron chi connectivity index (χ2n) is 5.83. The van der Waals surface area contributed by atoms with E-state index in [0.29, 0.717) is 0 Å². The van der Waals surface area contributed by atoms with Crippen molar-refractivity contribution in [2.24, 2.45) is 0 Å². The number of carbonyl (C=O) groups is 2. The van der Waals surface area contributed by atoms with Gasteiger partial charge in [0.25, 0.3) is 5.91 Å². The topological polar surface area (TPSA) is 70.2 Å². The minimum absolute atomic E-state index is 0.00495. The Balaban J connectivity index is 1.96. The molecule has 0 aliphatic carbocycles. The van der Waals surface area contributed by atoms with Crippen LogP contribution in [0.4, 0.5) is 28.0 Å². The fourth-order valence-corrected chi connectivity index (χ4v) is 2.71. The highest BCUT2D eigenvalue weighted by atomic mass is 19.2. The molecular formula is C18H13F4N3O2. The fourth-order valence-electron chi connectivity index (χ4n) is 2.71. The van der Waals surface area contributed by atoms with Crippen LogP contribution in [0.15, 0.2) is 47.7 Å². The third kappa shape index (κ3) is 3.76. The van der Waals surface area contributed by atoms with Crippen LogP contribution in [-0.2, 0) is 4.79 Å². The molecule has 9 heteroatoms. The van der Waals surface area contributed by atoms with Crippen molar-refractivity contribution in [2.45, 2.75) is 13.0 Å². The van der Waals surface area contributed by atoms with Gasteiger partial charge in [0, 0.05) is 17.5 Å². The summed E-state index contributed by atoms with van der Waals surface area (Å²) in [5.41, 5.74) is 0.303. The second-order valence-corrected chi connectivity index (χ2v) is 5.83. The quantitative estimate of drug-likeness (QED) is 0.715. The van der Waals surface area contributed by atoms with Gasteiger partial charge >= 0.3 is 6.03 Å². The molecule has 0 radical (unpaired) electrons. The first-order valence-electron chi connectivity index (χ1n) is 7.76. The summed E-state index contributed by atoms with van der Waals surface area (Å²) in [6.45, 7) is 1.45. The van der Waals surface area contributed by atoms with E-state index >= 15 is 0 Å². The second kappa shape index (κ2) is 7.10. The molecular weight excluding hydrogens is 366 g/mol. The Kier molecular flexibility index (Phi) is 4.85. The number of halogens is 4. The van der Waals surface area contributed by atoms with Gasteiger partial charge in [-0.05, 0) is 36.8 Å². The molecule has 0 bridgehead atoms. The average Bonchev–Trinajstić information content (AvgIpc) is 2.59. The van der Waals surface area contributed by atoms with Crippen molar-refractivity contribution in [1.82, 2.24) is 10.6 Å². The van der Waals surface area contributed by atoms with E-state index in [1.807, 2.05) is 0 Å². The zero-order chi connectivity index (χ0) is 19.7.